The first kappa shape index (κ1) is 26.4. The normalized spacial score (nSPS) is 32.5. The van der Waals surface area contributed by atoms with Gasteiger partial charge in [-0.3, -0.25) is 9.59 Å². The van der Waals surface area contributed by atoms with Crippen LogP contribution in [0.5, 0.6) is 0 Å². The third kappa shape index (κ3) is 5.75. The maximum absolute atomic E-state index is 12.4. The quantitative estimate of drug-likeness (QED) is 0.561. The molecular formula is C21H36O8S2. The molecule has 0 amide bonds. The summed E-state index contributed by atoms with van der Waals surface area (Å²) in [6.45, 7) is 6.86. The van der Waals surface area contributed by atoms with Crippen LogP contribution in [0.25, 0.3) is 0 Å². The minimum Gasteiger partial charge on any atom is -0.465 e. The van der Waals surface area contributed by atoms with E-state index >= 15 is 0 Å². The molecule has 0 aromatic carbocycles. The Bertz CT molecular complexity index is 728. The number of rotatable bonds is 4. The SMILES string of the molecule is C.CC1(S(=O)(=O)C2CCOCC2)CCOC1=O.CC1(SC2CCOCC2)CCOC1=O. The molecule has 0 spiro atoms. The second-order valence-electron chi connectivity index (χ2n) is 8.52. The summed E-state index contributed by atoms with van der Waals surface area (Å²) in [5.41, 5.74) is 0. The van der Waals surface area contributed by atoms with Crippen LogP contribution in [0.15, 0.2) is 0 Å². The molecule has 180 valence electrons. The highest BCUT2D eigenvalue weighted by Crippen LogP contribution is 2.40. The van der Waals surface area contributed by atoms with Crippen LogP contribution in [0.1, 0.15) is 59.8 Å². The van der Waals surface area contributed by atoms with Gasteiger partial charge in [-0.1, -0.05) is 7.43 Å². The first-order valence-electron chi connectivity index (χ1n) is 10.6. The van der Waals surface area contributed by atoms with Crippen molar-refractivity contribution in [2.75, 3.05) is 39.6 Å². The van der Waals surface area contributed by atoms with E-state index in [4.69, 9.17) is 18.9 Å². The highest BCUT2D eigenvalue weighted by molar-refractivity contribution is 8.02. The lowest BCUT2D eigenvalue weighted by Crippen LogP contribution is -2.47. The number of cyclic esters (lactones) is 2. The molecule has 0 saturated carbocycles. The number of carbonyl (C=O) groups is 2. The minimum absolute atomic E-state index is 0. The van der Waals surface area contributed by atoms with Crippen molar-refractivity contribution in [3.63, 3.8) is 0 Å². The van der Waals surface area contributed by atoms with Crippen molar-refractivity contribution in [1.82, 2.24) is 0 Å². The number of hydrogen-bond donors (Lipinski definition) is 0. The van der Waals surface area contributed by atoms with Crippen molar-refractivity contribution in [1.29, 1.82) is 0 Å². The maximum Gasteiger partial charge on any atom is 0.327 e. The largest absolute Gasteiger partial charge is 0.465 e. The highest BCUT2D eigenvalue weighted by atomic mass is 32.2. The van der Waals surface area contributed by atoms with Crippen LogP contribution in [0, 0.1) is 0 Å². The van der Waals surface area contributed by atoms with Gasteiger partial charge in [0, 0.05) is 44.5 Å². The monoisotopic (exact) mass is 480 g/mol. The summed E-state index contributed by atoms with van der Waals surface area (Å²) in [4.78, 5) is 23.0. The molecule has 4 fully saturated rings. The van der Waals surface area contributed by atoms with E-state index in [9.17, 15) is 18.0 Å². The Morgan fingerprint density at radius 2 is 1.32 bits per heavy atom. The molecule has 0 N–H and O–H groups in total. The molecule has 4 aliphatic heterocycles. The van der Waals surface area contributed by atoms with E-state index in [1.807, 2.05) is 6.92 Å². The van der Waals surface area contributed by atoms with Gasteiger partial charge in [-0.15, -0.1) is 11.8 Å². The van der Waals surface area contributed by atoms with Crippen LogP contribution < -0.4 is 0 Å². The first-order valence-corrected chi connectivity index (χ1v) is 13.0. The van der Waals surface area contributed by atoms with Crippen molar-refractivity contribution in [2.45, 2.75) is 79.8 Å². The second kappa shape index (κ2) is 10.9. The number of esters is 2. The molecule has 2 atom stereocenters. The summed E-state index contributed by atoms with van der Waals surface area (Å²) in [7, 11) is -3.47. The average molecular weight is 481 g/mol. The zero-order valence-electron chi connectivity index (χ0n) is 17.7. The standard InChI is InChI=1S/C10H16O5S.C10H16O3S.CH4/c1-10(4-7-15-9(10)11)16(12,13)8-2-5-14-6-3-8;1-10(4-7-13-9(10)11)14-8-2-5-12-6-3-8;/h8H,2-7H2,1H3;8H,2-7H2,1H3;1H4. The Labute approximate surface area is 190 Å². The summed E-state index contributed by atoms with van der Waals surface area (Å²) in [5, 5.41) is 0.108. The van der Waals surface area contributed by atoms with Gasteiger partial charge in [0.2, 0.25) is 0 Å². The predicted octanol–water partition coefficient (Wildman–Crippen LogP) is 2.53. The topological polar surface area (TPSA) is 105 Å². The van der Waals surface area contributed by atoms with E-state index in [1.54, 1.807) is 11.8 Å². The smallest absolute Gasteiger partial charge is 0.327 e. The summed E-state index contributed by atoms with van der Waals surface area (Å²) >= 11 is 1.78. The number of ether oxygens (including phenoxy) is 4. The molecule has 8 nitrogen and oxygen atoms in total. The lowest BCUT2D eigenvalue weighted by molar-refractivity contribution is -0.140. The number of hydrogen-bond acceptors (Lipinski definition) is 9. The Balaban J connectivity index is 0.000000215. The molecule has 0 radical (unpaired) electrons. The predicted molar refractivity (Wildman–Crippen MR) is 119 cm³/mol. The van der Waals surface area contributed by atoms with Crippen molar-refractivity contribution < 1.29 is 37.0 Å². The molecule has 31 heavy (non-hydrogen) atoms. The Hall–Kier alpha value is -0.840. The highest BCUT2D eigenvalue weighted by Gasteiger charge is 2.54. The Morgan fingerprint density at radius 3 is 1.81 bits per heavy atom. The Morgan fingerprint density at radius 1 is 0.806 bits per heavy atom. The molecule has 4 heterocycles. The third-order valence-corrected chi connectivity index (χ3v) is 11.0. The van der Waals surface area contributed by atoms with Gasteiger partial charge in [-0.05, 0) is 39.5 Å². The van der Waals surface area contributed by atoms with E-state index in [0.717, 1.165) is 32.5 Å². The maximum atomic E-state index is 12.4. The molecule has 0 aromatic heterocycles. The molecule has 4 saturated heterocycles. The molecule has 0 aromatic rings. The van der Waals surface area contributed by atoms with Gasteiger partial charge >= 0.3 is 11.9 Å². The van der Waals surface area contributed by atoms with Crippen molar-refractivity contribution in [2.24, 2.45) is 0 Å². The minimum atomic E-state index is -3.47. The summed E-state index contributed by atoms with van der Waals surface area (Å²) < 4.78 is 43.3. The molecule has 4 rings (SSSR count). The molecule has 0 bridgehead atoms. The number of sulfone groups is 1. The number of thioether (sulfide) groups is 1. The van der Waals surface area contributed by atoms with Gasteiger partial charge in [0.1, 0.15) is 4.75 Å². The summed E-state index contributed by atoms with van der Waals surface area (Å²) in [6, 6.07) is 0. The van der Waals surface area contributed by atoms with Crippen molar-refractivity contribution in [3.05, 3.63) is 0 Å². The lowest BCUT2D eigenvalue weighted by atomic mass is 10.1. The van der Waals surface area contributed by atoms with Crippen molar-refractivity contribution >= 4 is 33.5 Å². The van der Waals surface area contributed by atoms with Crippen LogP contribution >= 0.6 is 11.8 Å². The zero-order chi connectivity index (χ0) is 21.8. The third-order valence-electron chi connectivity index (χ3n) is 6.32. The number of carbonyl (C=O) groups excluding carboxylic acids is 2. The van der Waals surface area contributed by atoms with E-state index in [2.05, 4.69) is 0 Å². The zero-order valence-corrected chi connectivity index (χ0v) is 19.4. The van der Waals surface area contributed by atoms with Crippen molar-refractivity contribution in [3.8, 4) is 0 Å². The van der Waals surface area contributed by atoms with Gasteiger partial charge in [-0.25, -0.2) is 8.42 Å². The van der Waals surface area contributed by atoms with E-state index < -0.39 is 25.8 Å². The van der Waals surface area contributed by atoms with E-state index in [-0.39, 0.29) is 31.2 Å². The summed E-state index contributed by atoms with van der Waals surface area (Å²) in [5.74, 6) is -0.631. The molecule has 10 heteroatoms. The second-order valence-corrected chi connectivity index (χ2v) is 13.0. The average Bonchev–Trinajstić information content (AvgIpc) is 3.26. The lowest BCUT2D eigenvalue weighted by Gasteiger charge is -2.29. The molecule has 2 unspecified atom stereocenters. The van der Waals surface area contributed by atoms with E-state index in [0.29, 0.717) is 37.9 Å². The van der Waals surface area contributed by atoms with Gasteiger partial charge in [0.15, 0.2) is 14.6 Å². The first-order chi connectivity index (χ1) is 14.2. The molecular weight excluding hydrogens is 444 g/mol. The Kier molecular flexibility index (Phi) is 9.25. The molecule has 4 aliphatic rings. The van der Waals surface area contributed by atoms with E-state index in [1.165, 1.54) is 6.92 Å². The van der Waals surface area contributed by atoms with Crippen LogP contribution in [0.2, 0.25) is 0 Å². The van der Waals surface area contributed by atoms with Gasteiger partial charge < -0.3 is 18.9 Å². The molecule has 0 aliphatic carbocycles. The fraction of sp³-hybridized carbons (Fsp3) is 0.905. The fourth-order valence-corrected chi connectivity index (χ4v) is 7.80. The van der Waals surface area contributed by atoms with Gasteiger partial charge in [0.25, 0.3) is 0 Å². The van der Waals surface area contributed by atoms with Gasteiger partial charge in [0.05, 0.1) is 18.5 Å². The fourth-order valence-electron chi connectivity index (χ4n) is 4.07. The van der Waals surface area contributed by atoms with Crippen LogP contribution in [0.4, 0.5) is 0 Å². The van der Waals surface area contributed by atoms with Crippen LogP contribution in [-0.4, -0.2) is 80.0 Å². The van der Waals surface area contributed by atoms with Crippen LogP contribution in [0.3, 0.4) is 0 Å². The van der Waals surface area contributed by atoms with Crippen LogP contribution in [-0.2, 0) is 38.4 Å². The van der Waals surface area contributed by atoms with Gasteiger partial charge in [-0.2, -0.15) is 0 Å². The summed E-state index contributed by atoms with van der Waals surface area (Å²) in [6.07, 6.45) is 4.21.